The number of nitrogens with zero attached hydrogens (tertiary/aromatic N) is 2. The predicted octanol–water partition coefficient (Wildman–Crippen LogP) is 8.54. The second kappa shape index (κ2) is 11.2. The van der Waals surface area contributed by atoms with Gasteiger partial charge in [-0.05, 0) is 116 Å². The molecular formula is C32H28N4O. The van der Waals surface area contributed by atoms with Crippen molar-refractivity contribution in [2.24, 2.45) is 9.98 Å². The lowest BCUT2D eigenvalue weighted by atomic mass is 10.1. The zero-order chi connectivity index (χ0) is 25.5. The molecule has 0 saturated carbocycles. The van der Waals surface area contributed by atoms with Crippen molar-refractivity contribution in [3.63, 3.8) is 0 Å². The molecule has 0 heterocycles. The van der Waals surface area contributed by atoms with Crippen LogP contribution in [-0.4, -0.2) is 18.5 Å². The number of aliphatic imine (C=N–C) groups is 2. The summed E-state index contributed by atoms with van der Waals surface area (Å²) in [6, 6.07) is 32.2. The Hall–Kier alpha value is -4.90. The third-order valence-electron chi connectivity index (χ3n) is 5.81. The summed E-state index contributed by atoms with van der Waals surface area (Å²) in [7, 11) is 1.78. The lowest BCUT2D eigenvalue weighted by Gasteiger charge is -2.11. The highest BCUT2D eigenvalue weighted by Crippen LogP contribution is 2.26. The van der Waals surface area contributed by atoms with Gasteiger partial charge >= 0.3 is 0 Å². The molecule has 0 spiro atoms. The fourth-order valence-electron chi connectivity index (χ4n) is 3.76. The van der Waals surface area contributed by atoms with Gasteiger partial charge in [0.1, 0.15) is 11.5 Å². The molecule has 5 rings (SSSR count). The Bertz CT molecular complexity index is 1440. The van der Waals surface area contributed by atoms with Crippen LogP contribution in [0, 0.1) is 6.92 Å². The molecule has 37 heavy (non-hydrogen) atoms. The molecule has 2 N–H and O–H groups in total. The summed E-state index contributed by atoms with van der Waals surface area (Å²) in [6.45, 7) is 2.06. The van der Waals surface area contributed by atoms with Crippen LogP contribution in [0.3, 0.4) is 0 Å². The van der Waals surface area contributed by atoms with E-state index in [1.807, 2.05) is 97.1 Å². The highest BCUT2D eigenvalue weighted by atomic mass is 16.5. The Morgan fingerprint density at radius 3 is 1.41 bits per heavy atom. The smallest absolute Gasteiger partial charge is 0.127 e. The first-order valence-corrected chi connectivity index (χ1v) is 12.1. The number of ether oxygens (including phenoxy) is 1. The minimum absolute atomic E-state index is 0.804. The molecule has 0 fully saturated rings. The summed E-state index contributed by atoms with van der Waals surface area (Å²) >= 11 is 0. The van der Waals surface area contributed by atoms with Crippen LogP contribution >= 0.6 is 0 Å². The third-order valence-corrected chi connectivity index (χ3v) is 5.81. The van der Waals surface area contributed by atoms with Crippen molar-refractivity contribution in [3.8, 4) is 11.5 Å². The lowest BCUT2D eigenvalue weighted by molar-refractivity contribution is 0.482. The van der Waals surface area contributed by atoms with E-state index in [2.05, 4.69) is 51.8 Å². The van der Waals surface area contributed by atoms with E-state index in [0.29, 0.717) is 0 Å². The van der Waals surface area contributed by atoms with Crippen LogP contribution in [0.1, 0.15) is 5.56 Å². The molecule has 1 aliphatic rings. The van der Waals surface area contributed by atoms with Crippen molar-refractivity contribution in [2.45, 2.75) is 6.92 Å². The number of nitrogens with one attached hydrogen (secondary N) is 2. The van der Waals surface area contributed by atoms with Crippen LogP contribution in [0.25, 0.3) is 0 Å². The molecule has 4 aromatic carbocycles. The first-order valence-electron chi connectivity index (χ1n) is 12.1. The third kappa shape index (κ3) is 6.61. The maximum atomic E-state index is 5.91. The number of hydrogen-bond donors (Lipinski definition) is 2. The van der Waals surface area contributed by atoms with Gasteiger partial charge < -0.3 is 15.4 Å². The van der Waals surface area contributed by atoms with Crippen LogP contribution in [0.15, 0.2) is 131 Å². The Labute approximate surface area is 217 Å². The first-order chi connectivity index (χ1) is 18.1. The number of hydrogen-bond acceptors (Lipinski definition) is 5. The lowest BCUT2D eigenvalue weighted by Crippen LogP contribution is -1.99. The fourth-order valence-corrected chi connectivity index (χ4v) is 3.76. The van der Waals surface area contributed by atoms with E-state index in [1.165, 1.54) is 5.56 Å². The average molecular weight is 485 g/mol. The quantitative estimate of drug-likeness (QED) is 0.258. The monoisotopic (exact) mass is 484 g/mol. The highest BCUT2D eigenvalue weighted by molar-refractivity contribution is 6.18. The van der Waals surface area contributed by atoms with E-state index in [0.717, 1.165) is 51.4 Å². The molecule has 5 heteroatoms. The van der Waals surface area contributed by atoms with Crippen molar-refractivity contribution in [2.75, 3.05) is 17.7 Å². The Kier molecular flexibility index (Phi) is 7.23. The van der Waals surface area contributed by atoms with Crippen molar-refractivity contribution in [1.82, 2.24) is 0 Å². The molecule has 0 atom stereocenters. The summed E-state index contributed by atoms with van der Waals surface area (Å²) in [4.78, 5) is 8.82. The molecule has 0 bridgehead atoms. The Balaban J connectivity index is 1.15. The molecule has 0 saturated heterocycles. The summed E-state index contributed by atoms with van der Waals surface area (Å²) in [5, 5.41) is 6.87. The van der Waals surface area contributed by atoms with Crippen LogP contribution in [-0.2, 0) is 0 Å². The maximum Gasteiger partial charge on any atom is 0.127 e. The standard InChI is InChI=1S/C32H28N4O/c1-23-3-19-31(20-4-23)37-32-21-17-30(18-22-32)36-29-15-13-28(14-16-29)35-27-11-9-26(10-12-27)34-25-7-5-24(33-2)6-8-25/h3-22,35-36H,1-2H3. The second-order valence-electron chi connectivity index (χ2n) is 8.67. The van der Waals surface area contributed by atoms with Crippen molar-refractivity contribution >= 4 is 39.9 Å². The summed E-state index contributed by atoms with van der Waals surface area (Å²) in [5.74, 6) is 1.63. The Morgan fingerprint density at radius 1 is 0.514 bits per heavy atom. The summed E-state index contributed by atoms with van der Waals surface area (Å²) < 4.78 is 5.91. The molecule has 4 aromatic rings. The predicted molar refractivity (Wildman–Crippen MR) is 156 cm³/mol. The molecule has 0 aliphatic heterocycles. The van der Waals surface area contributed by atoms with E-state index in [-0.39, 0.29) is 0 Å². The van der Waals surface area contributed by atoms with Gasteiger partial charge in [-0.3, -0.25) is 4.99 Å². The van der Waals surface area contributed by atoms with E-state index in [9.17, 15) is 0 Å². The Morgan fingerprint density at radius 2 is 0.919 bits per heavy atom. The zero-order valence-electron chi connectivity index (χ0n) is 20.8. The first kappa shape index (κ1) is 23.8. The van der Waals surface area contributed by atoms with E-state index in [1.54, 1.807) is 7.05 Å². The van der Waals surface area contributed by atoms with Crippen LogP contribution in [0.2, 0.25) is 0 Å². The second-order valence-corrected chi connectivity index (χ2v) is 8.67. The van der Waals surface area contributed by atoms with E-state index >= 15 is 0 Å². The topological polar surface area (TPSA) is 58.0 Å². The van der Waals surface area contributed by atoms with Gasteiger partial charge in [0.25, 0.3) is 0 Å². The number of rotatable bonds is 7. The largest absolute Gasteiger partial charge is 0.457 e. The minimum Gasteiger partial charge on any atom is -0.457 e. The molecule has 0 amide bonds. The van der Waals surface area contributed by atoms with Crippen molar-refractivity contribution in [1.29, 1.82) is 0 Å². The van der Waals surface area contributed by atoms with Crippen molar-refractivity contribution in [3.05, 3.63) is 127 Å². The van der Waals surface area contributed by atoms with Crippen molar-refractivity contribution < 1.29 is 4.74 Å². The van der Waals surface area contributed by atoms with Gasteiger partial charge in [0, 0.05) is 29.8 Å². The molecule has 0 radical (unpaired) electrons. The molecule has 1 aliphatic carbocycles. The van der Waals surface area contributed by atoms with Gasteiger partial charge in [-0.15, -0.1) is 0 Å². The van der Waals surface area contributed by atoms with Crippen LogP contribution in [0.4, 0.5) is 28.4 Å². The molecule has 0 aromatic heterocycles. The highest BCUT2D eigenvalue weighted by Gasteiger charge is 2.02. The average Bonchev–Trinajstić information content (AvgIpc) is 2.94. The maximum absolute atomic E-state index is 5.91. The number of benzene rings is 4. The SMILES string of the molecule is CN=C1C=CC(=Nc2ccc(Nc3ccc(Nc4ccc(Oc5ccc(C)cc5)cc4)cc3)cc2)C=C1. The number of anilines is 4. The molecule has 5 nitrogen and oxygen atoms in total. The summed E-state index contributed by atoms with van der Waals surface area (Å²) in [6.07, 6.45) is 7.86. The van der Waals surface area contributed by atoms with Gasteiger partial charge in [-0.25, -0.2) is 4.99 Å². The normalized spacial score (nSPS) is 12.3. The van der Waals surface area contributed by atoms with Gasteiger partial charge in [0.05, 0.1) is 17.1 Å². The van der Waals surface area contributed by atoms with Gasteiger partial charge in [0.2, 0.25) is 0 Å². The van der Waals surface area contributed by atoms with Gasteiger partial charge in [0.15, 0.2) is 0 Å². The van der Waals surface area contributed by atoms with Gasteiger partial charge in [-0.2, -0.15) is 0 Å². The van der Waals surface area contributed by atoms with Crippen LogP contribution < -0.4 is 15.4 Å². The number of allylic oxidation sites excluding steroid dienone is 4. The van der Waals surface area contributed by atoms with Crippen LogP contribution in [0.5, 0.6) is 11.5 Å². The van der Waals surface area contributed by atoms with Gasteiger partial charge in [-0.1, -0.05) is 17.7 Å². The fraction of sp³-hybridized carbons (Fsp3) is 0.0625. The molecule has 182 valence electrons. The zero-order valence-corrected chi connectivity index (χ0v) is 20.8. The minimum atomic E-state index is 0.804. The van der Waals surface area contributed by atoms with E-state index in [4.69, 9.17) is 4.74 Å². The number of aryl methyl sites for hydroxylation is 1. The molecule has 0 unspecified atom stereocenters. The summed E-state index contributed by atoms with van der Waals surface area (Å²) in [5.41, 5.74) is 7.99. The van der Waals surface area contributed by atoms with E-state index < -0.39 is 0 Å². The molecular weight excluding hydrogens is 456 g/mol.